The van der Waals surface area contributed by atoms with Crippen molar-refractivity contribution in [1.29, 1.82) is 0 Å². The quantitative estimate of drug-likeness (QED) is 0.150. The Hall–Kier alpha value is -4.37. The molecule has 1 heterocycles. The normalized spacial score (nSPS) is 12.9. The van der Waals surface area contributed by atoms with Gasteiger partial charge in [-0.15, -0.1) is 0 Å². The van der Waals surface area contributed by atoms with Gasteiger partial charge >= 0.3 is 0 Å². The molecule has 9 heteroatoms. The first kappa shape index (κ1) is 23.8. The van der Waals surface area contributed by atoms with Gasteiger partial charge in [-0.25, -0.2) is 0 Å². The average Bonchev–Trinajstić information content (AvgIpc) is 2.88. The molecule has 0 spiro atoms. The zero-order valence-corrected chi connectivity index (χ0v) is 18.9. The van der Waals surface area contributed by atoms with Crippen LogP contribution in [0.5, 0.6) is 17.2 Å². The summed E-state index contributed by atoms with van der Waals surface area (Å²) >= 11 is 0. The minimum absolute atomic E-state index is 0.0530. The number of aromatic hydroxyl groups is 1. The van der Waals surface area contributed by atoms with Crippen molar-refractivity contribution in [2.45, 2.75) is 20.1 Å². The molecule has 0 aliphatic carbocycles. The molecular weight excluding hydrogens is 454 g/mol. The molecule has 0 aromatic heterocycles. The SMILES string of the molecule is CCOC=C(C(=O)c1ccc(O)cc1)c1ccc(OCc2cc([N+](=O)[O-])cc3c2OCOC3)cc1. The van der Waals surface area contributed by atoms with Gasteiger partial charge in [-0.1, -0.05) is 12.1 Å². The van der Waals surface area contributed by atoms with E-state index in [1.54, 1.807) is 36.4 Å². The van der Waals surface area contributed by atoms with Gasteiger partial charge in [0.1, 0.15) is 23.9 Å². The van der Waals surface area contributed by atoms with Gasteiger partial charge in [0.05, 0.1) is 30.0 Å². The summed E-state index contributed by atoms with van der Waals surface area (Å²) in [5, 5.41) is 20.8. The second-order valence-corrected chi connectivity index (χ2v) is 7.64. The molecule has 0 amide bonds. The van der Waals surface area contributed by atoms with E-state index in [0.29, 0.717) is 45.9 Å². The average molecular weight is 477 g/mol. The number of phenolic OH excluding ortho intramolecular Hbond substituents is 1. The monoisotopic (exact) mass is 477 g/mol. The first-order valence-electron chi connectivity index (χ1n) is 10.9. The van der Waals surface area contributed by atoms with Crippen molar-refractivity contribution in [2.24, 2.45) is 0 Å². The fraction of sp³-hybridized carbons (Fsp3) is 0.192. The van der Waals surface area contributed by atoms with Crippen LogP contribution in [0, 0.1) is 10.1 Å². The number of nitro benzene ring substituents is 1. The molecule has 4 rings (SSSR count). The second-order valence-electron chi connectivity index (χ2n) is 7.64. The molecule has 0 atom stereocenters. The summed E-state index contributed by atoms with van der Waals surface area (Å²) in [6.07, 6.45) is 1.42. The number of allylic oxidation sites excluding steroid dienone is 1. The molecule has 0 saturated heterocycles. The minimum atomic E-state index is -0.468. The van der Waals surface area contributed by atoms with E-state index in [1.807, 2.05) is 6.92 Å². The number of carbonyl (C=O) groups is 1. The lowest BCUT2D eigenvalue weighted by Gasteiger charge is -2.20. The highest BCUT2D eigenvalue weighted by Gasteiger charge is 2.21. The number of nitrogens with zero attached hydrogens (tertiary/aromatic N) is 1. The molecule has 1 aliphatic rings. The lowest BCUT2D eigenvalue weighted by atomic mass is 9.97. The largest absolute Gasteiger partial charge is 0.508 e. The van der Waals surface area contributed by atoms with Crippen molar-refractivity contribution in [2.75, 3.05) is 13.4 Å². The molecular formula is C26H23NO8. The van der Waals surface area contributed by atoms with Gasteiger partial charge in [0.15, 0.2) is 12.6 Å². The van der Waals surface area contributed by atoms with Gasteiger partial charge in [0, 0.05) is 28.8 Å². The number of hydrogen-bond acceptors (Lipinski definition) is 8. The molecule has 0 saturated carbocycles. The van der Waals surface area contributed by atoms with Crippen LogP contribution in [-0.2, 0) is 22.7 Å². The first-order chi connectivity index (χ1) is 17.0. The smallest absolute Gasteiger partial charge is 0.270 e. The first-order valence-corrected chi connectivity index (χ1v) is 10.9. The molecule has 1 aliphatic heterocycles. The van der Waals surface area contributed by atoms with E-state index in [4.69, 9.17) is 18.9 Å². The predicted octanol–water partition coefficient (Wildman–Crippen LogP) is 5.01. The van der Waals surface area contributed by atoms with Crippen LogP contribution in [0.25, 0.3) is 5.57 Å². The van der Waals surface area contributed by atoms with Crippen LogP contribution >= 0.6 is 0 Å². The summed E-state index contributed by atoms with van der Waals surface area (Å²) in [6, 6.07) is 15.7. The Kier molecular flexibility index (Phi) is 7.27. The van der Waals surface area contributed by atoms with E-state index in [2.05, 4.69) is 0 Å². The maximum atomic E-state index is 13.0. The highest BCUT2D eigenvalue weighted by Crippen LogP contribution is 2.33. The fourth-order valence-corrected chi connectivity index (χ4v) is 3.57. The number of non-ortho nitro benzene ring substituents is 1. The lowest BCUT2D eigenvalue weighted by molar-refractivity contribution is -0.385. The third kappa shape index (κ3) is 5.59. The molecule has 0 fully saturated rings. The second kappa shape index (κ2) is 10.7. The lowest BCUT2D eigenvalue weighted by Crippen LogP contribution is -2.14. The van der Waals surface area contributed by atoms with Gasteiger partial charge in [0.25, 0.3) is 5.69 Å². The summed E-state index contributed by atoms with van der Waals surface area (Å²) in [6.45, 7) is 2.56. The Morgan fingerprint density at radius 2 is 1.83 bits per heavy atom. The van der Waals surface area contributed by atoms with E-state index in [0.717, 1.165) is 0 Å². The van der Waals surface area contributed by atoms with E-state index in [9.17, 15) is 20.0 Å². The standard InChI is InChI=1S/C26H23NO8/c1-2-32-15-24(25(29)18-3-7-22(28)8-4-18)17-5-9-23(10-6-17)34-14-20-12-21(27(30)31)11-19-13-33-16-35-26(19)20/h3-12,15,28H,2,13-14,16H2,1H3. The fourth-order valence-electron chi connectivity index (χ4n) is 3.57. The summed E-state index contributed by atoms with van der Waals surface area (Å²) in [7, 11) is 0. The summed E-state index contributed by atoms with van der Waals surface area (Å²) < 4.78 is 22.0. The third-order valence-electron chi connectivity index (χ3n) is 5.28. The molecule has 0 unspecified atom stereocenters. The Labute approximate surface area is 201 Å². The van der Waals surface area contributed by atoms with Crippen molar-refractivity contribution in [1.82, 2.24) is 0 Å². The number of ether oxygens (including phenoxy) is 4. The van der Waals surface area contributed by atoms with Crippen LogP contribution in [0.1, 0.15) is 34.0 Å². The zero-order chi connectivity index (χ0) is 24.8. The van der Waals surface area contributed by atoms with Crippen LogP contribution in [0.3, 0.4) is 0 Å². The Morgan fingerprint density at radius 1 is 1.11 bits per heavy atom. The highest BCUT2D eigenvalue weighted by atomic mass is 16.7. The third-order valence-corrected chi connectivity index (χ3v) is 5.28. The zero-order valence-electron chi connectivity index (χ0n) is 18.9. The van der Waals surface area contributed by atoms with Crippen molar-refractivity contribution >= 4 is 17.0 Å². The van der Waals surface area contributed by atoms with Gasteiger partial charge in [0.2, 0.25) is 0 Å². The number of fused-ring (bicyclic) bond motifs is 1. The number of benzene rings is 3. The topological polar surface area (TPSA) is 117 Å². The van der Waals surface area contributed by atoms with Crippen molar-refractivity contribution in [3.8, 4) is 17.2 Å². The van der Waals surface area contributed by atoms with Crippen molar-refractivity contribution in [3.63, 3.8) is 0 Å². The van der Waals surface area contributed by atoms with Crippen LogP contribution in [0.2, 0.25) is 0 Å². The molecule has 3 aromatic rings. The van der Waals surface area contributed by atoms with Crippen LogP contribution in [0.4, 0.5) is 5.69 Å². The maximum Gasteiger partial charge on any atom is 0.270 e. The maximum absolute atomic E-state index is 13.0. The molecule has 180 valence electrons. The minimum Gasteiger partial charge on any atom is -0.508 e. The van der Waals surface area contributed by atoms with E-state index < -0.39 is 4.92 Å². The van der Waals surface area contributed by atoms with Crippen molar-refractivity contribution < 1.29 is 33.8 Å². The Balaban J connectivity index is 1.53. The van der Waals surface area contributed by atoms with Crippen LogP contribution in [-0.4, -0.2) is 29.2 Å². The summed E-state index contributed by atoms with van der Waals surface area (Å²) in [4.78, 5) is 23.9. The van der Waals surface area contributed by atoms with Crippen molar-refractivity contribution in [3.05, 3.63) is 99.3 Å². The number of rotatable bonds is 9. The van der Waals surface area contributed by atoms with Gasteiger partial charge in [-0.3, -0.25) is 14.9 Å². The number of Topliss-reactive ketones (excluding diaryl/α,β-unsaturated/α-hetero) is 1. The number of ketones is 1. The molecule has 35 heavy (non-hydrogen) atoms. The molecule has 3 aromatic carbocycles. The van der Waals surface area contributed by atoms with Gasteiger partial charge < -0.3 is 24.1 Å². The number of phenols is 1. The Bertz CT molecular complexity index is 1250. The van der Waals surface area contributed by atoms with E-state index in [-0.39, 0.29) is 37.2 Å². The number of nitro groups is 1. The van der Waals surface area contributed by atoms with Crippen LogP contribution in [0.15, 0.2) is 66.9 Å². The van der Waals surface area contributed by atoms with Crippen LogP contribution < -0.4 is 9.47 Å². The van der Waals surface area contributed by atoms with E-state index in [1.165, 1.54) is 30.5 Å². The van der Waals surface area contributed by atoms with Gasteiger partial charge in [-0.05, 0) is 48.9 Å². The number of hydrogen-bond donors (Lipinski definition) is 1. The molecule has 9 nitrogen and oxygen atoms in total. The van der Waals surface area contributed by atoms with E-state index >= 15 is 0 Å². The highest BCUT2D eigenvalue weighted by molar-refractivity contribution is 6.28. The van der Waals surface area contributed by atoms with Gasteiger partial charge in [-0.2, -0.15) is 0 Å². The molecule has 1 N–H and O–H groups in total. The number of carbonyl (C=O) groups excluding carboxylic acids is 1. The Morgan fingerprint density at radius 3 is 2.51 bits per heavy atom. The summed E-state index contributed by atoms with van der Waals surface area (Å²) in [5.74, 6) is 0.852. The summed E-state index contributed by atoms with van der Waals surface area (Å²) in [5.41, 5.74) is 2.46. The molecule has 0 bridgehead atoms. The predicted molar refractivity (Wildman–Crippen MR) is 126 cm³/mol. The molecule has 0 radical (unpaired) electrons.